The van der Waals surface area contributed by atoms with E-state index in [2.05, 4.69) is 45.7 Å². The lowest BCUT2D eigenvalue weighted by molar-refractivity contribution is -0.428. The molecule has 2 heteroatoms. The molecule has 0 heterocycles. The first-order valence-electron chi connectivity index (χ1n) is 4.38. The van der Waals surface area contributed by atoms with Crippen molar-refractivity contribution in [1.29, 1.82) is 0 Å². The zero-order valence-electron chi connectivity index (χ0n) is 8.36. The van der Waals surface area contributed by atoms with Gasteiger partial charge in [-0.3, -0.25) is 0 Å². The summed E-state index contributed by atoms with van der Waals surface area (Å²) in [6.07, 6.45) is 2.03. The van der Waals surface area contributed by atoms with E-state index in [0.29, 0.717) is 0 Å². The van der Waals surface area contributed by atoms with Gasteiger partial charge >= 0.3 is 0 Å². The normalized spacial score (nSPS) is 13.1. The monoisotopic (exact) mass is 194 g/mol. The highest BCUT2D eigenvalue weighted by molar-refractivity contribution is 7.73. The molecular weight excluding hydrogens is 178 g/mol. The van der Waals surface area contributed by atoms with Gasteiger partial charge in [-0.25, -0.2) is 0 Å². The highest BCUT2D eigenvalue weighted by Gasteiger charge is 2.20. The minimum Gasteiger partial charge on any atom is -0.163 e. The van der Waals surface area contributed by atoms with Crippen LogP contribution in [0.2, 0.25) is 0 Å². The second-order valence-corrected chi connectivity index (χ2v) is 4.49. The Balaban J connectivity index is 2.90. The number of benzene rings is 1. The molecule has 1 rings (SSSR count). The predicted molar refractivity (Wildman–Crippen MR) is 60.6 cm³/mol. The van der Waals surface area contributed by atoms with Crippen molar-refractivity contribution in [2.24, 2.45) is 0 Å². The van der Waals surface area contributed by atoms with E-state index in [0.717, 1.165) is 0 Å². The summed E-state index contributed by atoms with van der Waals surface area (Å²) >= 11 is 4.40. The minimum absolute atomic E-state index is 0.0545. The highest BCUT2D eigenvalue weighted by atomic mass is 32.1. The maximum absolute atomic E-state index is 4.40. The van der Waals surface area contributed by atoms with Gasteiger partial charge in [0, 0.05) is 26.3 Å². The Labute approximate surface area is 85.7 Å². The topological polar surface area (TPSA) is 3.01 Å². The molecule has 0 saturated carbocycles. The van der Waals surface area contributed by atoms with Crippen LogP contribution in [-0.2, 0) is 0 Å². The molecule has 0 radical (unpaired) electrons. The van der Waals surface area contributed by atoms with Gasteiger partial charge in [0.15, 0.2) is 11.8 Å². The van der Waals surface area contributed by atoms with Gasteiger partial charge in [0.05, 0.1) is 0 Å². The van der Waals surface area contributed by atoms with Crippen molar-refractivity contribution in [1.82, 2.24) is 0 Å². The first kappa shape index (κ1) is 10.3. The molecule has 0 unspecified atom stereocenters. The molecule has 0 bridgehead atoms. The highest BCUT2D eigenvalue weighted by Crippen LogP contribution is 2.09. The third-order valence-corrected chi connectivity index (χ3v) is 2.47. The fraction of sp³-hybridized carbons (Fsp3) is 0.364. The largest absolute Gasteiger partial charge is 0.184 e. The lowest BCUT2D eigenvalue weighted by atomic mass is 10.1. The quantitative estimate of drug-likeness (QED) is 0.398. The van der Waals surface area contributed by atoms with Crippen LogP contribution in [0.1, 0.15) is 26.3 Å². The van der Waals surface area contributed by atoms with Crippen LogP contribution in [0.5, 0.6) is 0 Å². The number of thiol groups is 1. The van der Waals surface area contributed by atoms with Crippen LogP contribution in [0.15, 0.2) is 30.3 Å². The molecule has 13 heavy (non-hydrogen) atoms. The van der Waals surface area contributed by atoms with E-state index >= 15 is 0 Å². The van der Waals surface area contributed by atoms with Crippen LogP contribution >= 0.6 is 12.8 Å². The average molecular weight is 194 g/mol. The maximum atomic E-state index is 4.40. The van der Waals surface area contributed by atoms with Gasteiger partial charge in [-0.1, -0.05) is 18.2 Å². The molecule has 0 aliphatic heterocycles. The molecule has 0 atom stereocenters. The molecule has 0 spiro atoms. The van der Waals surface area contributed by atoms with E-state index < -0.39 is 0 Å². The van der Waals surface area contributed by atoms with Crippen LogP contribution in [0.25, 0.3) is 0 Å². The lowest BCUT2D eigenvalue weighted by Crippen LogP contribution is -2.26. The van der Waals surface area contributed by atoms with Gasteiger partial charge in [0.2, 0.25) is 0 Å². The van der Waals surface area contributed by atoms with Crippen molar-refractivity contribution in [3.8, 4) is 0 Å². The third kappa shape index (κ3) is 3.23. The predicted octanol–water partition coefficient (Wildman–Crippen LogP) is 2.76. The first-order chi connectivity index (χ1) is 6.00. The van der Waals surface area contributed by atoms with Crippen molar-refractivity contribution in [3.63, 3.8) is 0 Å². The number of nitrogens with zero attached hydrogens (tertiary/aromatic N) is 1. The van der Waals surface area contributed by atoms with Gasteiger partial charge < -0.3 is 0 Å². The summed E-state index contributed by atoms with van der Waals surface area (Å²) in [5.74, 6) is 0. The van der Waals surface area contributed by atoms with E-state index in [1.54, 1.807) is 0 Å². The molecule has 0 aromatic heterocycles. The minimum atomic E-state index is 0.0545. The molecule has 0 fully saturated rings. The van der Waals surface area contributed by atoms with E-state index in [-0.39, 0.29) is 5.54 Å². The Kier molecular flexibility index (Phi) is 3.15. The van der Waals surface area contributed by atoms with Gasteiger partial charge in [-0.2, -0.15) is 3.98 Å². The summed E-state index contributed by atoms with van der Waals surface area (Å²) in [6, 6.07) is 10.2. The van der Waals surface area contributed by atoms with E-state index in [4.69, 9.17) is 0 Å². The molecule has 1 nitrogen and oxygen atoms in total. The lowest BCUT2D eigenvalue weighted by Gasteiger charge is -2.11. The number of rotatable bonds is 1. The Bertz CT molecular complexity index is 296. The van der Waals surface area contributed by atoms with Crippen molar-refractivity contribution in [2.75, 3.05) is 0 Å². The van der Waals surface area contributed by atoms with Crippen LogP contribution in [0.4, 0.5) is 0 Å². The Morgan fingerprint density at radius 1 is 1.15 bits per heavy atom. The summed E-state index contributed by atoms with van der Waals surface area (Å²) in [5, 5.41) is 0. The Morgan fingerprint density at radius 2 is 1.69 bits per heavy atom. The second-order valence-electron chi connectivity index (χ2n) is 4.06. The molecule has 0 saturated heterocycles. The smallest absolute Gasteiger partial charge is 0.163 e. The van der Waals surface area contributed by atoms with Gasteiger partial charge in [0.1, 0.15) is 12.8 Å². The van der Waals surface area contributed by atoms with Crippen molar-refractivity contribution in [2.45, 2.75) is 26.3 Å². The SMILES string of the molecule is CC(C)(C)[N+](S)=Cc1ccccc1. The fourth-order valence-corrected chi connectivity index (χ4v) is 1.01. The first-order valence-corrected chi connectivity index (χ1v) is 4.78. The standard InChI is InChI=1S/C11H16NS/c1-11(2,3)12(13)9-10-7-5-4-6-8-10/h4-9,13H,1-3H3/q+1. The Hall–Kier alpha value is -0.760. The molecule has 0 N–H and O–H groups in total. The summed E-state index contributed by atoms with van der Waals surface area (Å²) < 4.78 is 1.92. The summed E-state index contributed by atoms with van der Waals surface area (Å²) in [6.45, 7) is 6.37. The van der Waals surface area contributed by atoms with Crippen LogP contribution < -0.4 is 0 Å². The van der Waals surface area contributed by atoms with Gasteiger partial charge in [-0.15, -0.1) is 0 Å². The zero-order valence-corrected chi connectivity index (χ0v) is 9.25. The number of hydrogen-bond donors (Lipinski definition) is 1. The number of hydrogen-bond acceptors (Lipinski definition) is 1. The third-order valence-electron chi connectivity index (χ3n) is 1.76. The molecule has 70 valence electrons. The summed E-state index contributed by atoms with van der Waals surface area (Å²) in [7, 11) is 0. The van der Waals surface area contributed by atoms with Crippen LogP contribution in [0.3, 0.4) is 0 Å². The molecule has 0 aliphatic rings. The molecule has 0 amide bonds. The maximum Gasteiger partial charge on any atom is 0.184 e. The van der Waals surface area contributed by atoms with E-state index in [9.17, 15) is 0 Å². The summed E-state index contributed by atoms with van der Waals surface area (Å²) in [5.41, 5.74) is 1.23. The summed E-state index contributed by atoms with van der Waals surface area (Å²) in [4.78, 5) is 0. The fourth-order valence-electron chi connectivity index (χ4n) is 0.874. The zero-order chi connectivity index (χ0) is 9.90. The van der Waals surface area contributed by atoms with Crippen molar-refractivity contribution in [3.05, 3.63) is 35.9 Å². The van der Waals surface area contributed by atoms with Crippen LogP contribution in [-0.4, -0.2) is 15.7 Å². The van der Waals surface area contributed by atoms with Gasteiger partial charge in [-0.05, 0) is 12.1 Å². The van der Waals surface area contributed by atoms with Crippen LogP contribution in [0, 0.1) is 0 Å². The average Bonchev–Trinajstić information content (AvgIpc) is 2.04. The molecule has 0 aliphatic carbocycles. The van der Waals surface area contributed by atoms with E-state index in [1.165, 1.54) is 5.56 Å². The van der Waals surface area contributed by atoms with E-state index in [1.807, 2.05) is 28.4 Å². The van der Waals surface area contributed by atoms with Crippen molar-refractivity contribution >= 4 is 19.0 Å². The molecule has 1 aromatic rings. The van der Waals surface area contributed by atoms with Crippen molar-refractivity contribution < 1.29 is 3.98 Å². The Morgan fingerprint density at radius 3 is 2.15 bits per heavy atom. The second kappa shape index (κ2) is 3.97. The molecule has 1 aromatic carbocycles. The molecular formula is C11H16NS+. The van der Waals surface area contributed by atoms with Gasteiger partial charge in [0.25, 0.3) is 0 Å².